The Kier molecular flexibility index (Phi) is 62.6. The molecule has 14 N–H and O–H groups in total. The number of unbranched alkanes of at least 4 members (excludes halogenated alkanes) is 56. The van der Waals surface area contributed by atoms with Crippen LogP contribution in [0.5, 0.6) is 0 Å². The SMILES string of the molecule is CCCCCCCCCCCCCCCCCCCCCCCCCCCCCCCCCCCCCCCCCC(=O)NC(COC1OC(CO)C(OC2OC(CO)C(O)C(OC3(C(=O)O)CC(O)C(NC(C)=O)C(C(O)C(O)CO)O3)C2O)C(O)C1O)C(O)CCCCCCCCCCCCCCCCCCCCC. The third-order valence-corrected chi connectivity index (χ3v) is 23.8. The molecule has 18 atom stereocenters. The number of carbonyl (C=O) groups is 3. The number of ether oxygens (including phenoxy) is 6. The summed E-state index contributed by atoms with van der Waals surface area (Å²) in [5.41, 5.74) is 0. The lowest BCUT2D eigenvalue weighted by molar-refractivity contribution is -0.386. The molecule has 112 heavy (non-hydrogen) atoms. The maximum absolute atomic E-state index is 13.6. The summed E-state index contributed by atoms with van der Waals surface area (Å²) < 4.78 is 35.0. The molecule has 3 saturated heterocycles. The maximum Gasteiger partial charge on any atom is 0.364 e. The highest BCUT2D eigenvalue weighted by Crippen LogP contribution is 2.39. The molecule has 0 aromatic carbocycles. The van der Waals surface area contributed by atoms with Gasteiger partial charge in [0, 0.05) is 19.8 Å². The minimum Gasteiger partial charge on any atom is -0.477 e. The lowest BCUT2D eigenvalue weighted by Gasteiger charge is -2.50. The Morgan fingerprint density at radius 3 is 1.12 bits per heavy atom. The van der Waals surface area contributed by atoms with Crippen LogP contribution in [0.15, 0.2) is 0 Å². The van der Waals surface area contributed by atoms with E-state index in [0.29, 0.717) is 19.3 Å². The van der Waals surface area contributed by atoms with Crippen LogP contribution in [-0.2, 0) is 42.8 Å². The number of aliphatic hydroxyl groups is 11. The van der Waals surface area contributed by atoms with Crippen molar-refractivity contribution in [2.75, 3.05) is 26.4 Å². The van der Waals surface area contributed by atoms with E-state index < -0.39 is 148 Å². The number of hydrogen-bond donors (Lipinski definition) is 14. The molecule has 0 aromatic heterocycles. The van der Waals surface area contributed by atoms with Gasteiger partial charge in [0.2, 0.25) is 11.8 Å². The molecule has 18 unspecified atom stereocenters. The molecule has 23 heteroatoms. The predicted octanol–water partition coefficient (Wildman–Crippen LogP) is 15.1. The standard InChI is InChI=1S/C89H170N2O21/c1-4-6-8-10-12-14-16-18-20-22-24-25-26-27-28-29-30-31-32-33-34-35-36-37-38-39-40-41-42-43-45-47-49-51-53-55-57-59-61-63-76(99)91-70(71(96)62-60-58-56-54-52-50-48-46-44-23-21-19-17-15-13-11-9-7-5-2)68-107-86-81(103)80(102)83(75(67-94)109-86)110-87-82(104)85(79(101)74(66-93)108-87)112-89(88(105)106)64-72(97)77(90-69(3)95)84(111-89)78(100)73(98)65-92/h70-75,77-87,92-94,96-98,100-104H,4-68H2,1-3H3,(H,90,95)(H,91,99)(H,105,106). The first-order valence-electron chi connectivity index (χ1n) is 46.4. The van der Waals surface area contributed by atoms with E-state index in [1.54, 1.807) is 0 Å². The molecule has 0 saturated carbocycles. The largest absolute Gasteiger partial charge is 0.477 e. The first kappa shape index (κ1) is 104. The predicted molar refractivity (Wildman–Crippen MR) is 440 cm³/mol. The molecule has 2 amide bonds. The summed E-state index contributed by atoms with van der Waals surface area (Å²) in [6.45, 7) is 2.29. The Hall–Kier alpha value is -2.27. The Labute approximate surface area is 678 Å². The number of nitrogens with one attached hydrogen (secondary N) is 2. The first-order valence-corrected chi connectivity index (χ1v) is 46.4. The fraction of sp³-hybridized carbons (Fsp3) is 0.966. The lowest BCUT2D eigenvalue weighted by atomic mass is 9.88. The monoisotopic (exact) mass is 1600 g/mol. The second-order valence-electron chi connectivity index (χ2n) is 33.9. The molecule has 3 fully saturated rings. The van der Waals surface area contributed by atoms with Gasteiger partial charge < -0.3 is 100 Å². The van der Waals surface area contributed by atoms with Gasteiger partial charge in [-0.3, -0.25) is 9.59 Å². The van der Waals surface area contributed by atoms with Crippen LogP contribution in [0.4, 0.5) is 0 Å². The van der Waals surface area contributed by atoms with E-state index in [-0.39, 0.29) is 18.9 Å². The highest BCUT2D eigenvalue weighted by molar-refractivity contribution is 5.77. The lowest BCUT2D eigenvalue weighted by Crippen LogP contribution is -2.70. The van der Waals surface area contributed by atoms with E-state index in [0.717, 1.165) is 51.9 Å². The van der Waals surface area contributed by atoms with E-state index in [1.165, 1.54) is 315 Å². The van der Waals surface area contributed by atoms with Gasteiger partial charge in [0.25, 0.3) is 5.79 Å². The van der Waals surface area contributed by atoms with Crippen LogP contribution in [0.3, 0.4) is 0 Å². The summed E-state index contributed by atoms with van der Waals surface area (Å²) >= 11 is 0. The van der Waals surface area contributed by atoms with Crippen molar-refractivity contribution in [2.45, 2.75) is 522 Å². The van der Waals surface area contributed by atoms with Crippen molar-refractivity contribution in [3.63, 3.8) is 0 Å². The van der Waals surface area contributed by atoms with E-state index in [9.17, 15) is 75.7 Å². The molecule has 0 aliphatic carbocycles. The van der Waals surface area contributed by atoms with Crippen LogP contribution in [-0.4, -0.2) is 215 Å². The van der Waals surface area contributed by atoms with E-state index in [1.807, 2.05) is 0 Å². The third-order valence-electron chi connectivity index (χ3n) is 23.8. The topological polar surface area (TPSA) is 373 Å². The number of aliphatic hydroxyl groups excluding tert-OH is 11. The zero-order chi connectivity index (χ0) is 81.7. The van der Waals surface area contributed by atoms with Gasteiger partial charge in [-0.15, -0.1) is 0 Å². The normalized spacial score (nSPS) is 25.3. The van der Waals surface area contributed by atoms with Crippen molar-refractivity contribution in [1.29, 1.82) is 0 Å². The molecule has 3 rings (SSSR count). The summed E-state index contributed by atoms with van der Waals surface area (Å²) in [6, 6.07) is -2.53. The maximum atomic E-state index is 13.6. The van der Waals surface area contributed by atoms with Crippen molar-refractivity contribution in [3.8, 4) is 0 Å². The average Bonchev–Trinajstić information content (AvgIpc) is 0.756. The van der Waals surface area contributed by atoms with E-state index in [4.69, 9.17) is 28.4 Å². The number of carboxylic acids is 1. The smallest absolute Gasteiger partial charge is 0.364 e. The minimum atomic E-state index is -3.08. The molecule has 3 aliphatic heterocycles. The summed E-state index contributed by atoms with van der Waals surface area (Å²) in [5, 5.41) is 137. The molecule has 3 aliphatic rings. The fourth-order valence-electron chi connectivity index (χ4n) is 16.5. The van der Waals surface area contributed by atoms with Crippen LogP contribution in [0, 0.1) is 0 Å². The highest BCUT2D eigenvalue weighted by atomic mass is 16.8. The zero-order valence-electron chi connectivity index (χ0n) is 70.8. The van der Waals surface area contributed by atoms with Crippen molar-refractivity contribution >= 4 is 17.8 Å². The molecule has 23 nitrogen and oxygen atoms in total. The van der Waals surface area contributed by atoms with Crippen LogP contribution in [0.25, 0.3) is 0 Å². The van der Waals surface area contributed by atoms with Gasteiger partial charge in [0.05, 0.1) is 50.7 Å². The van der Waals surface area contributed by atoms with E-state index >= 15 is 0 Å². The molecule has 0 bridgehead atoms. The molecule has 0 spiro atoms. The molecule has 3 heterocycles. The van der Waals surface area contributed by atoms with Gasteiger partial charge >= 0.3 is 5.97 Å². The summed E-state index contributed by atoms with van der Waals surface area (Å²) in [5.74, 6) is -6.08. The van der Waals surface area contributed by atoms with Crippen molar-refractivity contribution in [1.82, 2.24) is 10.6 Å². The third kappa shape index (κ3) is 45.8. The average molecular weight is 1600 g/mol. The van der Waals surface area contributed by atoms with Crippen LogP contribution in [0.1, 0.15) is 412 Å². The Bertz CT molecular complexity index is 2210. The summed E-state index contributed by atoms with van der Waals surface area (Å²) in [4.78, 5) is 38.8. The molecule has 0 radical (unpaired) electrons. The van der Waals surface area contributed by atoms with Gasteiger partial charge in [0.15, 0.2) is 12.6 Å². The Morgan fingerprint density at radius 1 is 0.429 bits per heavy atom. The van der Waals surface area contributed by atoms with Crippen LogP contribution in [0.2, 0.25) is 0 Å². The summed E-state index contributed by atoms with van der Waals surface area (Å²) in [6.07, 6.45) is 47.1. The number of aliphatic carboxylic acids is 1. The second kappa shape index (κ2) is 67.5. The highest BCUT2D eigenvalue weighted by Gasteiger charge is 2.60. The number of rotatable bonds is 76. The Balaban J connectivity index is 1.38. The number of carbonyl (C=O) groups excluding carboxylic acids is 2. The molecular weight excluding hydrogens is 1430 g/mol. The Morgan fingerprint density at radius 2 is 0.777 bits per heavy atom. The van der Waals surface area contributed by atoms with E-state index in [2.05, 4.69) is 24.5 Å². The number of hydrogen-bond acceptors (Lipinski definition) is 20. The second-order valence-corrected chi connectivity index (χ2v) is 33.9. The molecular formula is C89H170N2O21. The van der Waals surface area contributed by atoms with Crippen LogP contribution < -0.4 is 10.6 Å². The van der Waals surface area contributed by atoms with Gasteiger partial charge in [-0.1, -0.05) is 380 Å². The number of carboxylic acid groups (broad SMARTS) is 1. The zero-order valence-corrected chi connectivity index (χ0v) is 70.8. The van der Waals surface area contributed by atoms with Gasteiger partial charge in [-0.05, 0) is 12.8 Å². The first-order chi connectivity index (χ1) is 54.4. The van der Waals surface area contributed by atoms with Gasteiger partial charge in [-0.25, -0.2) is 4.79 Å². The van der Waals surface area contributed by atoms with Gasteiger partial charge in [-0.2, -0.15) is 0 Å². The van der Waals surface area contributed by atoms with Crippen molar-refractivity contribution < 1.29 is 104 Å². The van der Waals surface area contributed by atoms with Crippen LogP contribution >= 0.6 is 0 Å². The fourth-order valence-corrected chi connectivity index (χ4v) is 16.5. The van der Waals surface area contributed by atoms with Crippen molar-refractivity contribution in [3.05, 3.63) is 0 Å². The van der Waals surface area contributed by atoms with Gasteiger partial charge in [0.1, 0.15) is 67.1 Å². The van der Waals surface area contributed by atoms with Crippen molar-refractivity contribution in [2.24, 2.45) is 0 Å². The molecule has 0 aromatic rings. The minimum absolute atomic E-state index is 0.230. The summed E-state index contributed by atoms with van der Waals surface area (Å²) in [7, 11) is 0. The molecule has 662 valence electrons. The quantitative estimate of drug-likeness (QED) is 0.0252. The number of amides is 2.